The highest BCUT2D eigenvalue weighted by Gasteiger charge is 2.17. The second-order valence-corrected chi connectivity index (χ2v) is 27.9. The highest BCUT2D eigenvalue weighted by Crippen LogP contribution is 2.33. The summed E-state index contributed by atoms with van der Waals surface area (Å²) in [6.07, 6.45) is 70.8. The van der Waals surface area contributed by atoms with Gasteiger partial charge in [0.1, 0.15) is 34.3 Å². The fourth-order valence-electron chi connectivity index (χ4n) is 13.3. The molecule has 0 atom stereocenters. The Morgan fingerprint density at radius 1 is 0.240 bits per heavy atom. The molecule has 0 unspecified atom stereocenters. The Bertz CT molecular complexity index is 2710. The van der Waals surface area contributed by atoms with E-state index in [2.05, 4.69) is 54.6 Å². The summed E-state index contributed by atoms with van der Waals surface area (Å²) in [6.45, 7) is 8.99. The summed E-state index contributed by atoms with van der Waals surface area (Å²) in [6, 6.07) is 30.8. The maximum Gasteiger partial charge on any atom is 0.121 e. The molecule has 7 aromatic rings. The number of rotatable bonds is 60. The summed E-state index contributed by atoms with van der Waals surface area (Å²) in [5, 5.41) is 28.2. The van der Waals surface area contributed by atoms with Gasteiger partial charge in [0, 0.05) is 34.9 Å². The van der Waals surface area contributed by atoms with Crippen molar-refractivity contribution in [2.75, 3.05) is 19.8 Å². The van der Waals surface area contributed by atoms with Crippen LogP contribution in [0.2, 0.25) is 0 Å². The summed E-state index contributed by atoms with van der Waals surface area (Å²) >= 11 is 0. The molecule has 0 bridgehead atoms. The maximum atomic E-state index is 6.30. The molecule has 0 amide bonds. The van der Waals surface area contributed by atoms with Crippen molar-refractivity contribution in [3.05, 3.63) is 110 Å². The lowest BCUT2D eigenvalue weighted by molar-refractivity contribution is 0.304. The molecule has 4 aromatic carbocycles. The Labute approximate surface area is 582 Å². The van der Waals surface area contributed by atoms with Gasteiger partial charge in [0.2, 0.25) is 0 Å². The van der Waals surface area contributed by atoms with Crippen LogP contribution < -0.4 is 14.2 Å². The molecule has 0 fully saturated rings. The molecule has 3 heterocycles. The highest BCUT2D eigenvalue weighted by molar-refractivity contribution is 5.77. The number of hydrogen-bond acceptors (Lipinski definition) is 9. The van der Waals surface area contributed by atoms with Crippen LogP contribution in [0.4, 0.5) is 0 Å². The molecule has 7 rings (SSSR count). The SMILES string of the molecule is CCCCCCCCCCCCCCCCCCOc1cccc(-n2cc(-c3cc(-c4cn(-c5cccc(OCCCCCCCCCCCCCCCCCC)c5)nn4)cc(-c4cn(-c5cccc(OCCCCCCCCCCCCCCCCCC)c5)nn4)c3)nn2)c1. The van der Waals surface area contributed by atoms with Crippen LogP contribution in [-0.2, 0) is 0 Å². The standard InChI is InChI=1S/C84H129N9O3/c1-4-7-10-13-16-19-22-25-28-31-34-37-40-43-46-49-61-94-79-58-52-55-76(67-79)91-70-82(85-88-91)73-64-74(83-71-92(89-86-83)77-56-53-59-80(68-77)95-62-50-47-44-41-38-35-32-29-26-23-20-17-14-11-8-5-2)66-75(65-73)84-72-93(90-87-84)78-57-54-60-81(69-78)96-63-51-48-45-42-39-36-33-30-27-24-21-18-15-12-9-6-3/h52-60,64-72H,4-51,61-63H2,1-3H3. The normalized spacial score (nSPS) is 11.5. The zero-order valence-corrected chi connectivity index (χ0v) is 60.7. The van der Waals surface area contributed by atoms with Gasteiger partial charge in [-0.15, -0.1) is 15.3 Å². The van der Waals surface area contributed by atoms with E-state index >= 15 is 0 Å². The fraction of sp³-hybridized carbons (Fsp3) is 0.643. The minimum absolute atomic E-state index is 0.701. The summed E-state index contributed by atoms with van der Waals surface area (Å²) in [5.41, 5.74) is 7.37. The van der Waals surface area contributed by atoms with Crippen LogP contribution in [0.1, 0.15) is 329 Å². The largest absolute Gasteiger partial charge is 0.494 e. The van der Waals surface area contributed by atoms with Gasteiger partial charge in [0.05, 0.1) is 55.5 Å². The molecule has 0 N–H and O–H groups in total. The lowest BCUT2D eigenvalue weighted by Crippen LogP contribution is -1.99. The molecular formula is C84H129N9O3. The molecule has 528 valence electrons. The van der Waals surface area contributed by atoms with E-state index in [4.69, 9.17) is 29.5 Å². The van der Waals surface area contributed by atoms with E-state index in [9.17, 15) is 0 Å². The van der Waals surface area contributed by atoms with E-state index in [0.717, 1.165) is 70.3 Å². The van der Waals surface area contributed by atoms with E-state index in [1.54, 1.807) is 0 Å². The Morgan fingerprint density at radius 2 is 0.438 bits per heavy atom. The lowest BCUT2D eigenvalue weighted by atomic mass is 10.0. The predicted molar refractivity (Wildman–Crippen MR) is 403 cm³/mol. The van der Waals surface area contributed by atoms with Gasteiger partial charge in [0.25, 0.3) is 0 Å². The van der Waals surface area contributed by atoms with Gasteiger partial charge in [-0.3, -0.25) is 0 Å². The van der Waals surface area contributed by atoms with Crippen LogP contribution in [0.25, 0.3) is 50.8 Å². The van der Waals surface area contributed by atoms with Crippen molar-refractivity contribution >= 4 is 0 Å². The van der Waals surface area contributed by atoms with Crippen LogP contribution >= 0.6 is 0 Å². The molecule has 0 aliphatic rings. The lowest BCUT2D eigenvalue weighted by Gasteiger charge is -2.08. The molecule has 0 radical (unpaired) electrons. The zero-order chi connectivity index (χ0) is 66.8. The quantitative estimate of drug-likeness (QED) is 0.0343. The number of ether oxygens (including phenoxy) is 3. The molecule has 0 aliphatic heterocycles. The third kappa shape index (κ3) is 31.9. The van der Waals surface area contributed by atoms with Gasteiger partial charge in [-0.1, -0.05) is 344 Å². The molecule has 0 aliphatic carbocycles. The predicted octanol–water partition coefficient (Wildman–Crippen LogP) is 25.4. The Balaban J connectivity index is 0.908. The minimum atomic E-state index is 0.701. The van der Waals surface area contributed by atoms with Crippen molar-refractivity contribution in [1.29, 1.82) is 0 Å². The summed E-state index contributed by atoms with van der Waals surface area (Å²) < 4.78 is 24.4. The van der Waals surface area contributed by atoms with E-state index in [0.29, 0.717) is 36.9 Å². The van der Waals surface area contributed by atoms with Crippen LogP contribution in [0.3, 0.4) is 0 Å². The summed E-state index contributed by atoms with van der Waals surface area (Å²) in [4.78, 5) is 0. The average Bonchev–Trinajstić information content (AvgIpc) is 1.64. The number of hydrogen-bond donors (Lipinski definition) is 0. The summed E-state index contributed by atoms with van der Waals surface area (Å²) in [5.74, 6) is 2.50. The second kappa shape index (κ2) is 50.1. The molecule has 12 nitrogen and oxygen atoms in total. The van der Waals surface area contributed by atoms with Gasteiger partial charge in [-0.25, -0.2) is 14.0 Å². The second-order valence-electron chi connectivity index (χ2n) is 27.9. The van der Waals surface area contributed by atoms with Crippen molar-refractivity contribution < 1.29 is 14.2 Å². The zero-order valence-electron chi connectivity index (χ0n) is 60.7. The first-order chi connectivity index (χ1) is 47.6. The first-order valence-corrected chi connectivity index (χ1v) is 39.7. The van der Waals surface area contributed by atoms with Gasteiger partial charge < -0.3 is 14.2 Å². The molecule has 0 saturated heterocycles. The van der Waals surface area contributed by atoms with Crippen molar-refractivity contribution in [1.82, 2.24) is 45.0 Å². The number of aromatic nitrogens is 9. The maximum absolute atomic E-state index is 6.30. The molecule has 96 heavy (non-hydrogen) atoms. The third-order valence-electron chi connectivity index (χ3n) is 19.3. The van der Waals surface area contributed by atoms with E-state index in [1.807, 2.05) is 105 Å². The van der Waals surface area contributed by atoms with Gasteiger partial charge >= 0.3 is 0 Å². The smallest absolute Gasteiger partial charge is 0.121 e. The first-order valence-electron chi connectivity index (χ1n) is 39.7. The van der Waals surface area contributed by atoms with Crippen LogP contribution in [0.15, 0.2) is 110 Å². The number of nitrogens with zero attached hydrogens (tertiary/aromatic N) is 9. The third-order valence-corrected chi connectivity index (χ3v) is 19.3. The van der Waals surface area contributed by atoms with Gasteiger partial charge in [-0.05, 0) is 73.9 Å². The van der Waals surface area contributed by atoms with Crippen LogP contribution in [-0.4, -0.2) is 64.8 Å². The molecule has 0 spiro atoms. The topological polar surface area (TPSA) is 120 Å². The van der Waals surface area contributed by atoms with Crippen molar-refractivity contribution in [2.24, 2.45) is 0 Å². The Hall–Kier alpha value is -6.30. The Kier molecular flexibility index (Phi) is 40.2. The van der Waals surface area contributed by atoms with Crippen molar-refractivity contribution in [2.45, 2.75) is 329 Å². The fourth-order valence-corrected chi connectivity index (χ4v) is 13.3. The highest BCUT2D eigenvalue weighted by atomic mass is 16.5. The van der Waals surface area contributed by atoms with Gasteiger partial charge in [-0.2, -0.15) is 0 Å². The van der Waals surface area contributed by atoms with Gasteiger partial charge in [0.15, 0.2) is 0 Å². The molecular weight excluding hydrogens is 1180 g/mol. The molecule has 12 heteroatoms. The van der Waals surface area contributed by atoms with Crippen LogP contribution in [0.5, 0.6) is 17.2 Å². The minimum Gasteiger partial charge on any atom is -0.494 e. The van der Waals surface area contributed by atoms with E-state index in [1.165, 1.54) is 289 Å². The van der Waals surface area contributed by atoms with E-state index < -0.39 is 0 Å². The number of benzene rings is 4. The molecule has 0 saturated carbocycles. The Morgan fingerprint density at radius 3 is 0.646 bits per heavy atom. The first kappa shape index (κ1) is 77.1. The van der Waals surface area contributed by atoms with Crippen molar-refractivity contribution in [3.8, 4) is 68.1 Å². The molecule has 3 aromatic heterocycles. The van der Waals surface area contributed by atoms with E-state index in [-0.39, 0.29) is 0 Å². The summed E-state index contributed by atoms with van der Waals surface area (Å²) in [7, 11) is 0. The number of unbranched alkanes of at least 4 members (excludes halogenated alkanes) is 45. The van der Waals surface area contributed by atoms with Crippen molar-refractivity contribution in [3.63, 3.8) is 0 Å². The average molecular weight is 1310 g/mol. The monoisotopic (exact) mass is 1310 g/mol. The van der Waals surface area contributed by atoms with Crippen LogP contribution in [0, 0.1) is 0 Å².